The van der Waals surface area contributed by atoms with Crippen molar-refractivity contribution >= 4 is 26.0 Å². The standard InChI is InChI=1S/C9H18BrNO2S/c1-11(14(12,13)8-10)9-6-4-2-3-5-7-9/h9H,2-8H2,1H3. The van der Waals surface area contributed by atoms with Crippen molar-refractivity contribution in [3.05, 3.63) is 0 Å². The van der Waals surface area contributed by atoms with Crippen molar-refractivity contribution in [3.8, 4) is 0 Å². The van der Waals surface area contributed by atoms with Crippen LogP contribution in [0.25, 0.3) is 0 Å². The molecule has 0 heterocycles. The Morgan fingerprint density at radius 1 is 1.21 bits per heavy atom. The van der Waals surface area contributed by atoms with E-state index < -0.39 is 10.0 Å². The third kappa shape index (κ3) is 3.21. The normalized spacial score (nSPS) is 21.1. The van der Waals surface area contributed by atoms with Crippen LogP contribution in [-0.2, 0) is 10.0 Å². The van der Waals surface area contributed by atoms with Crippen molar-refractivity contribution in [2.75, 3.05) is 11.7 Å². The number of hydrogen-bond donors (Lipinski definition) is 0. The maximum absolute atomic E-state index is 11.6. The van der Waals surface area contributed by atoms with Gasteiger partial charge in [-0.05, 0) is 12.8 Å². The largest absolute Gasteiger partial charge is 0.224 e. The summed E-state index contributed by atoms with van der Waals surface area (Å²) in [6.07, 6.45) is 6.85. The van der Waals surface area contributed by atoms with Gasteiger partial charge >= 0.3 is 0 Å². The first-order chi connectivity index (χ1) is 6.58. The topological polar surface area (TPSA) is 37.4 Å². The highest BCUT2D eigenvalue weighted by atomic mass is 79.9. The quantitative estimate of drug-likeness (QED) is 0.589. The fourth-order valence-corrected chi connectivity index (χ4v) is 3.71. The molecule has 0 N–H and O–H groups in total. The highest BCUT2D eigenvalue weighted by molar-refractivity contribution is 9.10. The zero-order chi connectivity index (χ0) is 10.6. The molecule has 3 nitrogen and oxygen atoms in total. The summed E-state index contributed by atoms with van der Waals surface area (Å²) in [5, 5.41) is 0. The molecule has 0 unspecified atom stereocenters. The van der Waals surface area contributed by atoms with Crippen LogP contribution in [0.3, 0.4) is 0 Å². The van der Waals surface area contributed by atoms with Gasteiger partial charge in [0.25, 0.3) is 0 Å². The molecule has 0 aromatic rings. The van der Waals surface area contributed by atoms with Crippen molar-refractivity contribution in [2.24, 2.45) is 0 Å². The Bertz CT molecular complexity index is 258. The van der Waals surface area contributed by atoms with E-state index in [0.717, 1.165) is 25.7 Å². The summed E-state index contributed by atoms with van der Waals surface area (Å²) in [6, 6.07) is 0.222. The predicted molar refractivity (Wildman–Crippen MR) is 62.0 cm³/mol. The third-order valence-corrected chi connectivity index (χ3v) is 6.10. The molecule has 0 spiro atoms. The number of alkyl halides is 1. The summed E-state index contributed by atoms with van der Waals surface area (Å²) < 4.78 is 24.8. The Morgan fingerprint density at radius 3 is 2.14 bits per heavy atom. The molecule has 1 aliphatic carbocycles. The van der Waals surface area contributed by atoms with Crippen molar-refractivity contribution in [2.45, 2.75) is 44.6 Å². The molecular formula is C9H18BrNO2S. The van der Waals surface area contributed by atoms with Crippen LogP contribution in [0.4, 0.5) is 0 Å². The zero-order valence-corrected chi connectivity index (χ0v) is 11.0. The first-order valence-electron chi connectivity index (χ1n) is 5.09. The van der Waals surface area contributed by atoms with Gasteiger partial charge in [-0.1, -0.05) is 41.6 Å². The molecule has 0 radical (unpaired) electrons. The number of sulfonamides is 1. The van der Waals surface area contributed by atoms with Crippen LogP contribution in [0.1, 0.15) is 38.5 Å². The fourth-order valence-electron chi connectivity index (χ4n) is 1.93. The van der Waals surface area contributed by atoms with E-state index in [4.69, 9.17) is 0 Å². The molecule has 14 heavy (non-hydrogen) atoms. The van der Waals surface area contributed by atoms with Gasteiger partial charge in [0.05, 0.1) is 0 Å². The van der Waals surface area contributed by atoms with E-state index in [9.17, 15) is 8.42 Å². The van der Waals surface area contributed by atoms with E-state index in [1.54, 1.807) is 11.4 Å². The molecular weight excluding hydrogens is 266 g/mol. The number of rotatable bonds is 3. The molecule has 0 atom stereocenters. The van der Waals surface area contributed by atoms with Gasteiger partial charge in [-0.2, -0.15) is 0 Å². The highest BCUT2D eigenvalue weighted by Gasteiger charge is 2.25. The van der Waals surface area contributed by atoms with E-state index in [-0.39, 0.29) is 10.7 Å². The van der Waals surface area contributed by atoms with Gasteiger partial charge in [0.15, 0.2) is 0 Å². The maximum Gasteiger partial charge on any atom is 0.224 e. The average Bonchev–Trinajstić information content (AvgIpc) is 2.44. The van der Waals surface area contributed by atoms with Gasteiger partial charge in [0.1, 0.15) is 4.66 Å². The molecule has 1 fully saturated rings. The smallest absolute Gasteiger partial charge is 0.211 e. The number of nitrogens with zero attached hydrogens (tertiary/aromatic N) is 1. The second kappa shape index (κ2) is 5.47. The molecule has 0 amide bonds. The average molecular weight is 284 g/mol. The molecule has 0 aromatic heterocycles. The van der Waals surface area contributed by atoms with E-state index in [1.165, 1.54) is 12.8 Å². The van der Waals surface area contributed by atoms with Crippen molar-refractivity contribution in [1.82, 2.24) is 4.31 Å². The minimum absolute atomic E-state index is 0.0347. The van der Waals surface area contributed by atoms with Crippen molar-refractivity contribution < 1.29 is 8.42 Å². The monoisotopic (exact) mass is 283 g/mol. The summed E-state index contributed by atoms with van der Waals surface area (Å²) >= 11 is 3.03. The van der Waals surface area contributed by atoms with Crippen molar-refractivity contribution in [1.29, 1.82) is 0 Å². The molecule has 0 aromatic carbocycles. The van der Waals surface area contributed by atoms with Crippen LogP contribution >= 0.6 is 15.9 Å². The van der Waals surface area contributed by atoms with E-state index in [0.29, 0.717) is 0 Å². The van der Waals surface area contributed by atoms with Crippen LogP contribution in [-0.4, -0.2) is 30.5 Å². The van der Waals surface area contributed by atoms with Crippen LogP contribution in [0.15, 0.2) is 0 Å². The second-order valence-electron chi connectivity index (χ2n) is 3.88. The Balaban J connectivity index is 2.62. The summed E-state index contributed by atoms with van der Waals surface area (Å²) in [6.45, 7) is 0. The van der Waals surface area contributed by atoms with Crippen LogP contribution < -0.4 is 0 Å². The fraction of sp³-hybridized carbons (Fsp3) is 1.00. The molecule has 0 saturated heterocycles. The SMILES string of the molecule is CN(C1CCCCCC1)S(=O)(=O)CBr. The van der Waals surface area contributed by atoms with E-state index in [2.05, 4.69) is 15.9 Å². The lowest BCUT2D eigenvalue weighted by Gasteiger charge is -2.25. The van der Waals surface area contributed by atoms with Gasteiger partial charge < -0.3 is 0 Å². The molecule has 1 aliphatic rings. The van der Waals surface area contributed by atoms with Crippen LogP contribution in [0.2, 0.25) is 0 Å². The van der Waals surface area contributed by atoms with Gasteiger partial charge in [-0.3, -0.25) is 0 Å². The lowest BCUT2D eigenvalue weighted by molar-refractivity contribution is 0.337. The van der Waals surface area contributed by atoms with Crippen LogP contribution in [0.5, 0.6) is 0 Å². The summed E-state index contributed by atoms with van der Waals surface area (Å²) in [5.41, 5.74) is 0. The molecule has 0 bridgehead atoms. The number of hydrogen-bond acceptors (Lipinski definition) is 2. The molecule has 84 valence electrons. The van der Waals surface area contributed by atoms with Gasteiger partial charge in [-0.15, -0.1) is 0 Å². The Kier molecular flexibility index (Phi) is 4.87. The summed E-state index contributed by atoms with van der Waals surface area (Å²) in [4.78, 5) is 0. The Hall–Kier alpha value is 0.390. The van der Waals surface area contributed by atoms with Gasteiger partial charge in [-0.25, -0.2) is 12.7 Å². The van der Waals surface area contributed by atoms with Crippen molar-refractivity contribution in [3.63, 3.8) is 0 Å². The minimum atomic E-state index is -3.06. The van der Waals surface area contributed by atoms with E-state index >= 15 is 0 Å². The maximum atomic E-state index is 11.6. The first-order valence-corrected chi connectivity index (χ1v) is 7.82. The van der Waals surface area contributed by atoms with Gasteiger partial charge in [0.2, 0.25) is 10.0 Å². The lowest BCUT2D eigenvalue weighted by Crippen LogP contribution is -2.37. The predicted octanol–water partition coefficient (Wildman–Crippen LogP) is 2.32. The molecule has 5 heteroatoms. The highest BCUT2D eigenvalue weighted by Crippen LogP contribution is 2.23. The first kappa shape index (κ1) is 12.5. The molecule has 1 rings (SSSR count). The Labute approximate surface area is 95.0 Å². The number of halogens is 1. The summed E-state index contributed by atoms with van der Waals surface area (Å²) in [7, 11) is -1.36. The van der Waals surface area contributed by atoms with Crippen LogP contribution in [0, 0.1) is 0 Å². The third-order valence-electron chi connectivity index (χ3n) is 2.92. The molecule has 0 aliphatic heterocycles. The second-order valence-corrected chi connectivity index (χ2v) is 7.21. The van der Waals surface area contributed by atoms with E-state index in [1.807, 2.05) is 0 Å². The van der Waals surface area contributed by atoms with Gasteiger partial charge in [0, 0.05) is 13.1 Å². The lowest BCUT2D eigenvalue weighted by atomic mass is 10.1. The summed E-state index contributed by atoms with van der Waals surface area (Å²) in [5.74, 6) is 0. The Morgan fingerprint density at radius 2 is 1.71 bits per heavy atom. The molecule has 1 saturated carbocycles. The zero-order valence-electron chi connectivity index (χ0n) is 8.58. The minimum Gasteiger partial charge on any atom is -0.211 e.